The van der Waals surface area contributed by atoms with E-state index in [1.165, 1.54) is 0 Å². The van der Waals surface area contributed by atoms with E-state index in [-0.39, 0.29) is 22.9 Å². The molecule has 8 heteroatoms. The van der Waals surface area contributed by atoms with Gasteiger partial charge < -0.3 is 9.47 Å². The van der Waals surface area contributed by atoms with E-state index >= 15 is 0 Å². The van der Waals surface area contributed by atoms with Crippen LogP contribution in [0.4, 0.5) is 23.7 Å². The maximum absolute atomic E-state index is 12.9. The monoisotopic (exact) mass is 369 g/mol. The zero-order valence-electron chi connectivity index (χ0n) is 14.4. The SMILES string of the molecule is COC(=O)N(O)c1cc(C(F)(F)F)ccc1COc1ccc(C)cc1C. The molecule has 0 aromatic heterocycles. The van der Waals surface area contributed by atoms with Crippen LogP contribution in [-0.4, -0.2) is 18.4 Å². The molecule has 140 valence electrons. The van der Waals surface area contributed by atoms with Crippen molar-refractivity contribution in [1.29, 1.82) is 0 Å². The van der Waals surface area contributed by atoms with E-state index in [2.05, 4.69) is 4.74 Å². The molecule has 0 unspecified atom stereocenters. The topological polar surface area (TPSA) is 59.0 Å². The summed E-state index contributed by atoms with van der Waals surface area (Å²) in [7, 11) is 1.00. The lowest BCUT2D eigenvalue weighted by Gasteiger charge is -2.20. The van der Waals surface area contributed by atoms with E-state index in [0.29, 0.717) is 11.8 Å². The third-order valence-corrected chi connectivity index (χ3v) is 3.70. The molecule has 0 bridgehead atoms. The Morgan fingerprint density at radius 3 is 2.42 bits per heavy atom. The van der Waals surface area contributed by atoms with Gasteiger partial charge in [0.25, 0.3) is 0 Å². The molecule has 0 spiro atoms. The number of nitrogens with zero attached hydrogens (tertiary/aromatic N) is 1. The smallest absolute Gasteiger partial charge is 0.438 e. The number of hydroxylamine groups is 1. The number of carbonyl (C=O) groups is 1. The second-order valence-electron chi connectivity index (χ2n) is 5.68. The van der Waals surface area contributed by atoms with Gasteiger partial charge >= 0.3 is 12.3 Å². The minimum Gasteiger partial charge on any atom is -0.489 e. The molecule has 0 radical (unpaired) electrons. The molecule has 1 N–H and O–H groups in total. The van der Waals surface area contributed by atoms with Crippen LogP contribution in [0.2, 0.25) is 0 Å². The van der Waals surface area contributed by atoms with Crippen molar-refractivity contribution in [2.24, 2.45) is 0 Å². The molecule has 0 saturated carbocycles. The van der Waals surface area contributed by atoms with E-state index < -0.39 is 17.8 Å². The molecule has 2 aromatic carbocycles. The molecule has 0 heterocycles. The third-order valence-electron chi connectivity index (χ3n) is 3.70. The summed E-state index contributed by atoms with van der Waals surface area (Å²) in [6, 6.07) is 8.14. The van der Waals surface area contributed by atoms with E-state index in [0.717, 1.165) is 30.4 Å². The summed E-state index contributed by atoms with van der Waals surface area (Å²) in [6.45, 7) is 3.61. The fourth-order valence-corrected chi connectivity index (χ4v) is 2.36. The first-order valence-corrected chi connectivity index (χ1v) is 7.60. The zero-order valence-corrected chi connectivity index (χ0v) is 14.4. The van der Waals surface area contributed by atoms with Crippen LogP contribution in [-0.2, 0) is 17.5 Å². The van der Waals surface area contributed by atoms with Gasteiger partial charge in [-0.1, -0.05) is 23.8 Å². The molecule has 0 aliphatic rings. The number of carbonyl (C=O) groups excluding carboxylic acids is 1. The minimum atomic E-state index is -4.63. The average Bonchev–Trinajstić information content (AvgIpc) is 2.58. The van der Waals surface area contributed by atoms with Crippen LogP contribution < -0.4 is 9.80 Å². The third kappa shape index (κ3) is 4.45. The highest BCUT2D eigenvalue weighted by Crippen LogP contribution is 2.34. The van der Waals surface area contributed by atoms with Crippen LogP contribution in [0.1, 0.15) is 22.3 Å². The summed E-state index contributed by atoms with van der Waals surface area (Å²) in [5.74, 6) is 0.545. The molecule has 2 rings (SSSR count). The Kier molecular flexibility index (Phi) is 5.76. The zero-order chi connectivity index (χ0) is 19.5. The van der Waals surface area contributed by atoms with Crippen molar-refractivity contribution in [2.45, 2.75) is 26.6 Å². The molecule has 0 atom stereocenters. The maximum Gasteiger partial charge on any atom is 0.438 e. The molecule has 0 saturated heterocycles. The van der Waals surface area contributed by atoms with Crippen LogP contribution in [0.3, 0.4) is 0 Å². The van der Waals surface area contributed by atoms with Crippen LogP contribution in [0, 0.1) is 13.8 Å². The molecule has 5 nitrogen and oxygen atoms in total. The van der Waals surface area contributed by atoms with Crippen molar-refractivity contribution in [3.05, 3.63) is 58.7 Å². The summed E-state index contributed by atoms with van der Waals surface area (Å²) >= 11 is 0. The van der Waals surface area contributed by atoms with E-state index in [1.807, 2.05) is 26.0 Å². The van der Waals surface area contributed by atoms with Gasteiger partial charge in [-0.25, -0.2) is 4.79 Å². The molecule has 0 fully saturated rings. The minimum absolute atomic E-state index is 0.0237. The lowest BCUT2D eigenvalue weighted by Crippen LogP contribution is -2.28. The lowest BCUT2D eigenvalue weighted by molar-refractivity contribution is -0.137. The number of ether oxygens (including phenoxy) is 2. The van der Waals surface area contributed by atoms with Gasteiger partial charge in [0.05, 0.1) is 18.4 Å². The van der Waals surface area contributed by atoms with E-state index in [4.69, 9.17) is 4.74 Å². The Hall–Kier alpha value is -2.74. The Balaban J connectivity index is 2.35. The molecular formula is C18H18F3NO4. The molecule has 26 heavy (non-hydrogen) atoms. The van der Waals surface area contributed by atoms with Gasteiger partial charge in [0, 0.05) is 5.56 Å². The summed E-state index contributed by atoms with van der Waals surface area (Å²) in [5, 5.41) is 9.91. The van der Waals surface area contributed by atoms with Gasteiger partial charge in [0.2, 0.25) is 0 Å². The van der Waals surface area contributed by atoms with Gasteiger partial charge in [-0.2, -0.15) is 18.2 Å². The van der Waals surface area contributed by atoms with Crippen LogP contribution in [0.25, 0.3) is 0 Å². The fourth-order valence-electron chi connectivity index (χ4n) is 2.36. The molecule has 2 aromatic rings. The Morgan fingerprint density at radius 1 is 1.15 bits per heavy atom. The van der Waals surface area contributed by atoms with Gasteiger partial charge in [-0.15, -0.1) is 0 Å². The number of hydrogen-bond donors (Lipinski definition) is 1. The first kappa shape index (κ1) is 19.6. The maximum atomic E-state index is 12.9. The van der Waals surface area contributed by atoms with Gasteiger partial charge in [0.15, 0.2) is 0 Å². The second-order valence-corrected chi connectivity index (χ2v) is 5.68. The molecule has 0 aliphatic carbocycles. The van der Waals surface area contributed by atoms with Crippen molar-refractivity contribution in [1.82, 2.24) is 0 Å². The number of alkyl halides is 3. The number of halogens is 3. The Morgan fingerprint density at radius 2 is 1.85 bits per heavy atom. The number of hydrogen-bond acceptors (Lipinski definition) is 4. The average molecular weight is 369 g/mol. The molecule has 0 aliphatic heterocycles. The number of methoxy groups -OCH3 is 1. The highest BCUT2D eigenvalue weighted by Gasteiger charge is 2.32. The number of rotatable bonds is 4. The van der Waals surface area contributed by atoms with Crippen molar-refractivity contribution in [3.8, 4) is 5.75 Å². The summed E-state index contributed by atoms with van der Waals surface area (Å²) in [5.41, 5.74) is 0.706. The normalized spacial score (nSPS) is 11.2. The summed E-state index contributed by atoms with van der Waals surface area (Å²) in [4.78, 5) is 11.5. The Bertz CT molecular complexity index is 806. The second kappa shape index (κ2) is 7.65. The van der Waals surface area contributed by atoms with Crippen molar-refractivity contribution in [3.63, 3.8) is 0 Å². The van der Waals surface area contributed by atoms with Crippen molar-refractivity contribution >= 4 is 11.8 Å². The predicted octanol–water partition coefficient (Wildman–Crippen LogP) is 4.86. The number of amides is 1. The van der Waals surface area contributed by atoms with Crippen molar-refractivity contribution in [2.75, 3.05) is 12.2 Å². The number of anilines is 1. The highest BCUT2D eigenvalue weighted by atomic mass is 19.4. The Labute approximate surface area is 148 Å². The van der Waals surface area contributed by atoms with Crippen LogP contribution in [0.5, 0.6) is 5.75 Å². The largest absolute Gasteiger partial charge is 0.489 e. The van der Waals surface area contributed by atoms with Crippen molar-refractivity contribution < 1.29 is 32.6 Å². The predicted molar refractivity (Wildman–Crippen MR) is 88.4 cm³/mol. The highest BCUT2D eigenvalue weighted by molar-refractivity contribution is 5.86. The first-order chi connectivity index (χ1) is 12.1. The van der Waals surface area contributed by atoms with Gasteiger partial charge in [-0.3, -0.25) is 5.21 Å². The summed E-state index contributed by atoms with van der Waals surface area (Å²) < 4.78 is 48.8. The number of aryl methyl sites for hydroxylation is 2. The molecular weight excluding hydrogens is 351 g/mol. The van der Waals surface area contributed by atoms with E-state index in [9.17, 15) is 23.2 Å². The van der Waals surface area contributed by atoms with Gasteiger partial charge in [0.1, 0.15) is 12.4 Å². The quantitative estimate of drug-likeness (QED) is 0.617. The van der Waals surface area contributed by atoms with Crippen LogP contribution in [0.15, 0.2) is 36.4 Å². The van der Waals surface area contributed by atoms with Crippen LogP contribution >= 0.6 is 0 Å². The molecule has 1 amide bonds. The number of benzene rings is 2. The lowest BCUT2D eigenvalue weighted by atomic mass is 10.1. The fraction of sp³-hybridized carbons (Fsp3) is 0.278. The van der Waals surface area contributed by atoms with Gasteiger partial charge in [-0.05, 0) is 37.6 Å². The first-order valence-electron chi connectivity index (χ1n) is 7.60. The summed E-state index contributed by atoms with van der Waals surface area (Å²) in [6.07, 6.45) is -5.84. The van der Waals surface area contributed by atoms with E-state index in [1.54, 1.807) is 6.07 Å². The standard InChI is InChI=1S/C18H18F3NO4/c1-11-4-7-16(12(2)8-11)26-10-13-5-6-14(18(19,20)21)9-15(13)22(24)17(23)25-3/h4-9,24H,10H2,1-3H3.